The molecular weight excluding hydrogens is 534 g/mol. The highest BCUT2D eigenvalue weighted by molar-refractivity contribution is 7.92. The summed E-state index contributed by atoms with van der Waals surface area (Å²) in [6, 6.07) is 14.8. The number of benzene rings is 2. The van der Waals surface area contributed by atoms with Crippen molar-refractivity contribution in [2.75, 3.05) is 17.8 Å². The first kappa shape index (κ1) is 27.1. The summed E-state index contributed by atoms with van der Waals surface area (Å²) in [7, 11) is -3.95. The molecular formula is C30H34F2N4O3S. The van der Waals surface area contributed by atoms with E-state index in [0.29, 0.717) is 31.5 Å². The van der Waals surface area contributed by atoms with E-state index >= 15 is 0 Å². The monoisotopic (exact) mass is 568 g/mol. The second kappa shape index (κ2) is 10.4. The van der Waals surface area contributed by atoms with E-state index in [-0.39, 0.29) is 47.6 Å². The lowest BCUT2D eigenvalue weighted by Gasteiger charge is -2.37. The number of aryl methyl sites for hydroxylation is 2. The molecule has 1 saturated carbocycles. The van der Waals surface area contributed by atoms with Crippen LogP contribution < -0.4 is 9.46 Å². The second-order valence-corrected chi connectivity index (χ2v) is 13.1. The number of aromatic nitrogens is 2. The van der Waals surface area contributed by atoms with Gasteiger partial charge in [0.05, 0.1) is 10.6 Å². The lowest BCUT2D eigenvalue weighted by atomic mass is 9.90. The van der Waals surface area contributed by atoms with Gasteiger partial charge >= 0.3 is 0 Å². The maximum Gasteiger partial charge on any atom is 0.264 e. The first-order valence-electron chi connectivity index (χ1n) is 13.9. The maximum absolute atomic E-state index is 13.9. The van der Waals surface area contributed by atoms with E-state index in [1.54, 1.807) is 24.3 Å². The van der Waals surface area contributed by atoms with Gasteiger partial charge in [-0.25, -0.2) is 26.9 Å². The third kappa shape index (κ3) is 5.56. The number of likely N-dealkylation sites (tertiary alicyclic amines) is 1. The van der Waals surface area contributed by atoms with E-state index in [2.05, 4.69) is 19.6 Å². The molecule has 2 fully saturated rings. The lowest BCUT2D eigenvalue weighted by molar-refractivity contribution is -0.0557. The van der Waals surface area contributed by atoms with Crippen LogP contribution in [0.3, 0.4) is 0 Å². The van der Waals surface area contributed by atoms with Crippen molar-refractivity contribution in [1.82, 2.24) is 14.9 Å². The van der Waals surface area contributed by atoms with Crippen LogP contribution in [0.5, 0.6) is 5.88 Å². The molecule has 3 aliphatic rings. The third-order valence-electron chi connectivity index (χ3n) is 8.55. The molecule has 40 heavy (non-hydrogen) atoms. The van der Waals surface area contributed by atoms with Gasteiger partial charge in [-0.05, 0) is 80.8 Å². The van der Waals surface area contributed by atoms with Crippen LogP contribution >= 0.6 is 0 Å². The summed E-state index contributed by atoms with van der Waals surface area (Å²) >= 11 is 0. The van der Waals surface area contributed by atoms with E-state index in [1.807, 2.05) is 38.1 Å². The van der Waals surface area contributed by atoms with Crippen molar-refractivity contribution in [2.45, 2.75) is 81.3 Å². The molecule has 2 unspecified atom stereocenters. The molecule has 1 N–H and O–H groups in total. The smallest absolute Gasteiger partial charge is 0.264 e. The molecule has 1 aliphatic carbocycles. The summed E-state index contributed by atoms with van der Waals surface area (Å²) in [6.07, 6.45) is 1.91. The highest BCUT2D eigenvalue weighted by Crippen LogP contribution is 2.39. The van der Waals surface area contributed by atoms with Crippen LogP contribution in [0.4, 0.5) is 14.7 Å². The summed E-state index contributed by atoms with van der Waals surface area (Å²) < 4.78 is 63.8. The molecule has 3 aromatic rings. The van der Waals surface area contributed by atoms with Gasteiger partial charge in [0.15, 0.2) is 0 Å². The van der Waals surface area contributed by atoms with Gasteiger partial charge in [-0.1, -0.05) is 30.3 Å². The molecule has 10 heteroatoms. The van der Waals surface area contributed by atoms with Crippen molar-refractivity contribution in [3.05, 3.63) is 65.2 Å². The Bertz CT molecular complexity index is 1500. The number of rotatable bonds is 2. The Labute approximate surface area is 234 Å². The summed E-state index contributed by atoms with van der Waals surface area (Å²) in [5.41, 5.74) is 4.40. The van der Waals surface area contributed by atoms with E-state index in [4.69, 9.17) is 4.74 Å². The SMILES string of the molecule is Cc1cccc(C)c1-c1cc2nc(n1)NS(=O)(=O)c1cccc(c1)C1CCN(C3CCC(F)(F)CC3)CC(C1)O2. The fourth-order valence-electron chi connectivity index (χ4n) is 6.46. The Balaban J connectivity index is 1.43. The topological polar surface area (TPSA) is 84.4 Å². The number of hydrogen-bond acceptors (Lipinski definition) is 6. The standard InChI is InChI=1S/C30H34F2N4O3S/c1-19-5-3-6-20(2)28(19)26-17-27-34-29(33-26)35-40(37,38)25-8-4-7-21(16-25)22-11-14-36(18-24(15-22)39-27)23-9-12-30(31,32)13-10-23/h3-8,16-17,22-24H,9-15,18H2,1-2H3,(H,33,34,35). The Morgan fingerprint density at radius 2 is 1.73 bits per heavy atom. The maximum atomic E-state index is 13.9. The molecule has 2 aliphatic heterocycles. The molecule has 0 amide bonds. The Hall–Kier alpha value is -3.11. The van der Waals surface area contributed by atoms with Crippen LogP contribution in [0.15, 0.2) is 53.4 Å². The van der Waals surface area contributed by atoms with Gasteiger partial charge in [0, 0.05) is 37.1 Å². The Morgan fingerprint density at radius 1 is 1.00 bits per heavy atom. The molecule has 1 aromatic heterocycles. The van der Waals surface area contributed by atoms with Crippen LogP contribution in [-0.2, 0) is 10.0 Å². The minimum absolute atomic E-state index is 0.0500. The van der Waals surface area contributed by atoms with Gasteiger partial charge in [0.25, 0.3) is 10.0 Å². The predicted octanol–water partition coefficient (Wildman–Crippen LogP) is 6.08. The van der Waals surface area contributed by atoms with Crippen molar-refractivity contribution in [3.63, 3.8) is 0 Å². The first-order valence-corrected chi connectivity index (χ1v) is 15.4. The van der Waals surface area contributed by atoms with E-state index in [9.17, 15) is 17.2 Å². The zero-order valence-corrected chi connectivity index (χ0v) is 23.6. The lowest BCUT2D eigenvalue weighted by Crippen LogP contribution is -2.44. The van der Waals surface area contributed by atoms with Gasteiger partial charge in [0.2, 0.25) is 17.8 Å². The predicted molar refractivity (Wildman–Crippen MR) is 149 cm³/mol. The molecule has 212 valence electrons. The third-order valence-corrected chi connectivity index (χ3v) is 9.87. The van der Waals surface area contributed by atoms with Crippen molar-refractivity contribution in [3.8, 4) is 17.1 Å². The molecule has 0 spiro atoms. The Kier molecular flexibility index (Phi) is 7.02. The van der Waals surface area contributed by atoms with Crippen LogP contribution in [-0.4, -0.2) is 54.4 Å². The van der Waals surface area contributed by atoms with Crippen LogP contribution in [0.2, 0.25) is 0 Å². The molecule has 1 saturated heterocycles. The van der Waals surface area contributed by atoms with Crippen LogP contribution in [0, 0.1) is 13.8 Å². The zero-order chi connectivity index (χ0) is 28.1. The van der Waals surface area contributed by atoms with Crippen LogP contribution in [0.1, 0.15) is 61.1 Å². The fraction of sp³-hybridized carbons (Fsp3) is 0.467. The number of nitrogens with zero attached hydrogens (tertiary/aromatic N) is 3. The highest BCUT2D eigenvalue weighted by atomic mass is 32.2. The van der Waals surface area contributed by atoms with Gasteiger partial charge < -0.3 is 4.74 Å². The minimum Gasteiger partial charge on any atom is -0.473 e. The number of alkyl halides is 2. The number of sulfonamides is 1. The molecule has 7 nitrogen and oxygen atoms in total. The molecule has 2 aromatic carbocycles. The number of halogens is 2. The van der Waals surface area contributed by atoms with Gasteiger partial charge in [-0.3, -0.25) is 4.90 Å². The summed E-state index contributed by atoms with van der Waals surface area (Å²) in [5.74, 6) is -2.31. The van der Waals surface area contributed by atoms with E-state index in [1.165, 1.54) is 0 Å². The fourth-order valence-corrected chi connectivity index (χ4v) is 7.46. The van der Waals surface area contributed by atoms with Crippen molar-refractivity contribution >= 4 is 16.0 Å². The average molecular weight is 569 g/mol. The van der Waals surface area contributed by atoms with Crippen molar-refractivity contribution in [2.24, 2.45) is 0 Å². The molecule has 2 atom stereocenters. The number of ether oxygens (including phenoxy) is 1. The van der Waals surface area contributed by atoms with E-state index in [0.717, 1.165) is 35.2 Å². The number of fused-ring (bicyclic) bond motifs is 7. The van der Waals surface area contributed by atoms with E-state index < -0.39 is 15.9 Å². The second-order valence-electron chi connectivity index (χ2n) is 11.4. The highest BCUT2D eigenvalue weighted by Gasteiger charge is 2.39. The largest absolute Gasteiger partial charge is 0.473 e. The van der Waals surface area contributed by atoms with Crippen LogP contribution in [0.25, 0.3) is 11.3 Å². The minimum atomic E-state index is -3.95. The molecule has 0 radical (unpaired) electrons. The normalized spacial score (nSPS) is 24.5. The summed E-state index contributed by atoms with van der Waals surface area (Å²) in [4.78, 5) is 11.5. The quantitative estimate of drug-likeness (QED) is 0.404. The van der Waals surface area contributed by atoms with Crippen molar-refractivity contribution in [1.29, 1.82) is 0 Å². The number of nitrogens with one attached hydrogen (secondary N) is 1. The van der Waals surface area contributed by atoms with Crippen molar-refractivity contribution < 1.29 is 21.9 Å². The Morgan fingerprint density at radius 3 is 2.48 bits per heavy atom. The van der Waals surface area contributed by atoms with Gasteiger partial charge in [-0.15, -0.1) is 0 Å². The molecule has 6 bridgehead atoms. The molecule has 3 heterocycles. The summed E-state index contributed by atoms with van der Waals surface area (Å²) in [5, 5.41) is 0. The first-order chi connectivity index (χ1) is 19.1. The zero-order valence-electron chi connectivity index (χ0n) is 22.7. The molecule has 6 rings (SSSR count). The average Bonchev–Trinajstić information content (AvgIpc) is 3.10. The van der Waals surface area contributed by atoms with Gasteiger partial charge in [-0.2, -0.15) is 4.98 Å². The van der Waals surface area contributed by atoms with Gasteiger partial charge in [0.1, 0.15) is 6.10 Å². The summed E-state index contributed by atoms with van der Waals surface area (Å²) in [6.45, 7) is 5.30. The number of hydrogen-bond donors (Lipinski definition) is 1. The number of anilines is 1.